The van der Waals surface area contributed by atoms with Gasteiger partial charge in [0.2, 0.25) is 0 Å². The number of ether oxygens (including phenoxy) is 2. The first-order valence-electron chi connectivity index (χ1n) is 11.1. The zero-order chi connectivity index (χ0) is 25.2. The lowest BCUT2D eigenvalue weighted by atomic mass is 9.94. The van der Waals surface area contributed by atoms with Crippen LogP contribution >= 0.6 is 0 Å². The maximum Gasteiger partial charge on any atom is 0.323 e. The molecule has 0 saturated heterocycles. The van der Waals surface area contributed by atoms with Gasteiger partial charge in [0.1, 0.15) is 23.0 Å². The molecule has 1 aromatic rings. The van der Waals surface area contributed by atoms with Crippen LogP contribution < -0.4 is 20.7 Å². The summed E-state index contributed by atoms with van der Waals surface area (Å²) in [4.78, 5) is 18.6. The normalized spacial score (nSPS) is 16.4. The Bertz CT molecular complexity index is 1030. The van der Waals surface area contributed by atoms with Crippen molar-refractivity contribution in [3.63, 3.8) is 0 Å². The Morgan fingerprint density at radius 3 is 2.48 bits per heavy atom. The number of aliphatic imine (C=N–C) groups is 1. The van der Waals surface area contributed by atoms with Gasteiger partial charge in [-0.25, -0.2) is 8.42 Å². The van der Waals surface area contributed by atoms with E-state index in [0.717, 1.165) is 16.9 Å². The Morgan fingerprint density at radius 2 is 1.88 bits per heavy atom. The van der Waals surface area contributed by atoms with Crippen molar-refractivity contribution >= 4 is 22.3 Å². The number of hydrogen-bond donors (Lipinski definition) is 3. The van der Waals surface area contributed by atoms with E-state index in [2.05, 4.69) is 15.2 Å². The summed E-state index contributed by atoms with van der Waals surface area (Å²) in [6.45, 7) is 15.2. The van der Waals surface area contributed by atoms with Crippen molar-refractivity contribution in [2.75, 3.05) is 6.54 Å². The van der Waals surface area contributed by atoms with Crippen LogP contribution in [0, 0.1) is 20.8 Å². The molecule has 1 aliphatic heterocycles. The molecule has 0 radical (unpaired) electrons. The first-order chi connectivity index (χ1) is 15.1. The third-order valence-corrected chi connectivity index (χ3v) is 6.96. The highest BCUT2D eigenvalue weighted by Crippen LogP contribution is 2.43. The number of hydrogen-bond acceptors (Lipinski definition) is 7. The number of nitrogens with one attached hydrogen (secondary N) is 2. The second-order valence-electron chi connectivity index (χ2n) is 10.1. The number of hydrazine groups is 1. The lowest BCUT2D eigenvalue weighted by Gasteiger charge is -2.22. The van der Waals surface area contributed by atoms with E-state index in [4.69, 9.17) is 15.2 Å². The van der Waals surface area contributed by atoms with E-state index in [0.29, 0.717) is 36.9 Å². The van der Waals surface area contributed by atoms with Gasteiger partial charge in [-0.15, -0.1) is 4.83 Å². The fourth-order valence-electron chi connectivity index (χ4n) is 3.81. The first kappa shape index (κ1) is 27.1. The summed E-state index contributed by atoms with van der Waals surface area (Å²) in [6.07, 6.45) is 2.92. The summed E-state index contributed by atoms with van der Waals surface area (Å²) in [7, 11) is -3.83. The standard InChI is InChI=1S/C23H38N4O5S/c1-14-15(2)20(16(3)17-12-23(7,8)31-19(14)17)33(29,30)27-26-13-25-11-9-10-18(24)21(28)32-22(4,5)6/h13,18,27H,9-12,24H2,1-8H3,(H,25,26). The van der Waals surface area contributed by atoms with Crippen LogP contribution in [0.15, 0.2) is 9.89 Å². The van der Waals surface area contributed by atoms with Crippen molar-refractivity contribution in [3.05, 3.63) is 22.3 Å². The smallest absolute Gasteiger partial charge is 0.323 e. The fourth-order valence-corrected chi connectivity index (χ4v) is 5.20. The summed E-state index contributed by atoms with van der Waals surface area (Å²) in [5.41, 5.74) is 10.6. The van der Waals surface area contributed by atoms with Gasteiger partial charge in [0, 0.05) is 18.5 Å². The predicted molar refractivity (Wildman–Crippen MR) is 129 cm³/mol. The molecule has 4 N–H and O–H groups in total. The number of sulfonamides is 1. The zero-order valence-corrected chi connectivity index (χ0v) is 21.8. The molecule has 0 aromatic heterocycles. The SMILES string of the molecule is Cc1c(C)c(S(=O)(=O)NNC=NCCCC(N)C(=O)OC(C)(C)C)c(C)c2c1OC(C)(C)C2. The Kier molecular flexibility index (Phi) is 8.19. The summed E-state index contributed by atoms with van der Waals surface area (Å²) in [6, 6.07) is -0.714. The Hall–Kier alpha value is -2.17. The van der Waals surface area contributed by atoms with E-state index in [1.165, 1.54) is 6.34 Å². The largest absolute Gasteiger partial charge is 0.487 e. The Labute approximate surface area is 197 Å². The number of carbonyl (C=O) groups is 1. The molecule has 10 heteroatoms. The molecule has 1 heterocycles. The lowest BCUT2D eigenvalue weighted by molar-refractivity contribution is -0.156. The van der Waals surface area contributed by atoms with Crippen LogP contribution in [0.5, 0.6) is 5.75 Å². The topological polar surface area (TPSA) is 132 Å². The molecule has 0 aliphatic carbocycles. The van der Waals surface area contributed by atoms with Crippen molar-refractivity contribution < 1.29 is 22.7 Å². The minimum atomic E-state index is -3.83. The number of benzene rings is 1. The van der Waals surface area contributed by atoms with E-state index >= 15 is 0 Å². The van der Waals surface area contributed by atoms with Gasteiger partial charge in [-0.1, -0.05) is 0 Å². The number of fused-ring (bicyclic) bond motifs is 1. The van der Waals surface area contributed by atoms with Crippen LogP contribution in [-0.2, 0) is 26.0 Å². The van der Waals surface area contributed by atoms with Crippen molar-refractivity contribution in [2.45, 2.75) is 96.8 Å². The molecule has 2 rings (SSSR count). The fraction of sp³-hybridized carbons (Fsp3) is 0.652. The number of nitrogens with two attached hydrogens (primary N) is 1. The van der Waals surface area contributed by atoms with Gasteiger partial charge >= 0.3 is 5.97 Å². The summed E-state index contributed by atoms with van der Waals surface area (Å²) in [5, 5.41) is 0. The van der Waals surface area contributed by atoms with Gasteiger partial charge in [-0.3, -0.25) is 15.2 Å². The van der Waals surface area contributed by atoms with Gasteiger partial charge in [0.25, 0.3) is 10.0 Å². The third kappa shape index (κ3) is 6.91. The molecular formula is C23H38N4O5S. The summed E-state index contributed by atoms with van der Waals surface area (Å²) in [5.74, 6) is 0.342. The quantitative estimate of drug-likeness (QED) is 0.162. The van der Waals surface area contributed by atoms with Gasteiger partial charge in [-0.05, 0) is 84.9 Å². The van der Waals surface area contributed by atoms with Gasteiger partial charge in [-0.2, -0.15) is 0 Å². The molecule has 186 valence electrons. The number of nitrogens with zero attached hydrogens (tertiary/aromatic N) is 1. The Morgan fingerprint density at radius 1 is 1.24 bits per heavy atom. The van der Waals surface area contributed by atoms with E-state index in [1.807, 2.05) is 27.7 Å². The van der Waals surface area contributed by atoms with Crippen LogP contribution in [0.25, 0.3) is 0 Å². The molecule has 9 nitrogen and oxygen atoms in total. The molecule has 1 atom stereocenters. The van der Waals surface area contributed by atoms with Gasteiger partial charge < -0.3 is 15.2 Å². The van der Waals surface area contributed by atoms with Gasteiger partial charge in [0.15, 0.2) is 0 Å². The molecule has 33 heavy (non-hydrogen) atoms. The molecule has 0 saturated carbocycles. The molecule has 1 aromatic carbocycles. The zero-order valence-electron chi connectivity index (χ0n) is 21.0. The van der Waals surface area contributed by atoms with Crippen LogP contribution in [0.4, 0.5) is 0 Å². The second kappa shape index (κ2) is 9.99. The van der Waals surface area contributed by atoms with Crippen molar-refractivity contribution in [2.24, 2.45) is 10.7 Å². The van der Waals surface area contributed by atoms with E-state index in [1.54, 1.807) is 27.7 Å². The minimum absolute atomic E-state index is 0.254. The highest BCUT2D eigenvalue weighted by Gasteiger charge is 2.36. The number of esters is 1. The van der Waals surface area contributed by atoms with E-state index in [-0.39, 0.29) is 10.5 Å². The van der Waals surface area contributed by atoms with Crippen molar-refractivity contribution in [1.82, 2.24) is 10.3 Å². The van der Waals surface area contributed by atoms with Gasteiger partial charge in [0.05, 0.1) is 11.2 Å². The number of carbonyl (C=O) groups excluding carboxylic acids is 1. The van der Waals surface area contributed by atoms with Crippen LogP contribution in [0.1, 0.15) is 69.7 Å². The molecule has 1 aliphatic rings. The first-order valence-corrected chi connectivity index (χ1v) is 12.6. The van der Waals surface area contributed by atoms with E-state index in [9.17, 15) is 13.2 Å². The predicted octanol–water partition coefficient (Wildman–Crippen LogP) is 2.59. The molecular weight excluding hydrogens is 444 g/mol. The minimum Gasteiger partial charge on any atom is -0.487 e. The molecule has 0 spiro atoms. The highest BCUT2D eigenvalue weighted by molar-refractivity contribution is 7.89. The van der Waals surface area contributed by atoms with Crippen molar-refractivity contribution in [3.8, 4) is 5.75 Å². The third-order valence-electron chi connectivity index (χ3n) is 5.42. The average Bonchev–Trinajstić information content (AvgIpc) is 3.00. The molecule has 0 bridgehead atoms. The molecule has 0 fully saturated rings. The lowest BCUT2D eigenvalue weighted by Crippen LogP contribution is -2.37. The second-order valence-corrected chi connectivity index (χ2v) is 11.7. The Balaban J connectivity index is 1.93. The average molecular weight is 483 g/mol. The highest BCUT2D eigenvalue weighted by atomic mass is 32.2. The maximum atomic E-state index is 13.0. The molecule has 1 unspecified atom stereocenters. The number of rotatable bonds is 9. The summed E-state index contributed by atoms with van der Waals surface area (Å²) < 4.78 is 37.3. The summed E-state index contributed by atoms with van der Waals surface area (Å²) >= 11 is 0. The van der Waals surface area contributed by atoms with E-state index < -0.39 is 27.6 Å². The van der Waals surface area contributed by atoms with Crippen LogP contribution in [0.3, 0.4) is 0 Å². The maximum absolute atomic E-state index is 13.0. The van der Waals surface area contributed by atoms with Crippen LogP contribution in [0.2, 0.25) is 0 Å². The molecule has 0 amide bonds. The van der Waals surface area contributed by atoms with Crippen molar-refractivity contribution in [1.29, 1.82) is 0 Å². The van der Waals surface area contributed by atoms with Crippen LogP contribution in [-0.4, -0.2) is 44.5 Å². The monoisotopic (exact) mass is 482 g/mol.